The van der Waals surface area contributed by atoms with Gasteiger partial charge in [0.25, 0.3) is 0 Å². The van der Waals surface area contributed by atoms with Gasteiger partial charge in [0.1, 0.15) is 11.5 Å². The Morgan fingerprint density at radius 2 is 1.92 bits per heavy atom. The highest BCUT2D eigenvalue weighted by Gasteiger charge is 2.33. The maximum absolute atomic E-state index is 12.1. The van der Waals surface area contributed by atoms with Gasteiger partial charge in [0.2, 0.25) is 5.91 Å². The number of carbonyl (C=O) groups is 1. The number of nitrogens with zero attached hydrogens (tertiary/aromatic N) is 2. The largest absolute Gasteiger partial charge is 0.508 e. The quantitative estimate of drug-likeness (QED) is 0.716. The second kappa shape index (κ2) is 7.17. The average molecular weight is 468 g/mol. The van der Waals surface area contributed by atoms with E-state index in [-0.39, 0.29) is 17.7 Å². The summed E-state index contributed by atoms with van der Waals surface area (Å²) in [6.07, 6.45) is 0.516. The molecule has 0 aromatic heterocycles. The number of hydrazone groups is 1. The number of phenolic OH excluding ortho intramolecular Hbond substituents is 1. The lowest BCUT2D eigenvalue weighted by atomic mass is 9.97. The minimum Gasteiger partial charge on any atom is -0.508 e. The van der Waals surface area contributed by atoms with Gasteiger partial charge >= 0.3 is 0 Å². The topological polar surface area (TPSA) is 62.1 Å². The van der Waals surface area contributed by atoms with Crippen LogP contribution in [0.15, 0.2) is 50.4 Å². The summed E-state index contributed by atoms with van der Waals surface area (Å²) in [7, 11) is 1.60. The lowest BCUT2D eigenvalue weighted by molar-refractivity contribution is -0.130. The van der Waals surface area contributed by atoms with Crippen LogP contribution in [0, 0.1) is 0 Å². The Morgan fingerprint density at radius 1 is 1.28 bits per heavy atom. The third-order valence-corrected chi connectivity index (χ3v) is 5.24. The van der Waals surface area contributed by atoms with E-state index in [9.17, 15) is 9.90 Å². The first-order chi connectivity index (χ1) is 11.9. The Labute approximate surface area is 162 Å². The van der Waals surface area contributed by atoms with E-state index in [0.717, 1.165) is 20.2 Å². The van der Waals surface area contributed by atoms with Crippen molar-refractivity contribution in [3.8, 4) is 11.5 Å². The summed E-state index contributed by atoms with van der Waals surface area (Å²) >= 11 is 6.98. The zero-order chi connectivity index (χ0) is 18.1. The predicted octanol–water partition coefficient (Wildman–Crippen LogP) is 4.62. The highest BCUT2D eigenvalue weighted by molar-refractivity contribution is 9.11. The Balaban J connectivity index is 2.01. The summed E-state index contributed by atoms with van der Waals surface area (Å²) in [6, 6.07) is 10.5. The average Bonchev–Trinajstić information content (AvgIpc) is 3.00. The Kier molecular flexibility index (Phi) is 5.15. The molecule has 1 heterocycles. The number of benzene rings is 2. The van der Waals surface area contributed by atoms with Gasteiger partial charge in [-0.1, -0.05) is 18.2 Å². The molecule has 2 aromatic rings. The van der Waals surface area contributed by atoms with Crippen LogP contribution in [0.2, 0.25) is 0 Å². The molecule has 1 unspecified atom stereocenters. The van der Waals surface area contributed by atoms with Crippen molar-refractivity contribution in [2.75, 3.05) is 7.11 Å². The molecule has 0 saturated heterocycles. The highest BCUT2D eigenvalue weighted by atomic mass is 79.9. The number of methoxy groups -OCH3 is 1. The van der Waals surface area contributed by atoms with E-state index in [0.29, 0.717) is 17.7 Å². The maximum atomic E-state index is 12.1. The first-order valence-corrected chi connectivity index (χ1v) is 9.19. The molecule has 0 radical (unpaired) electrons. The maximum Gasteiger partial charge on any atom is 0.240 e. The van der Waals surface area contributed by atoms with E-state index in [1.165, 1.54) is 11.9 Å². The molecule has 0 spiro atoms. The Bertz CT molecular complexity index is 844. The molecule has 2 aromatic carbocycles. The zero-order valence-electron chi connectivity index (χ0n) is 13.7. The monoisotopic (exact) mass is 466 g/mol. The molecule has 5 nitrogen and oxygen atoms in total. The van der Waals surface area contributed by atoms with Crippen molar-refractivity contribution in [2.45, 2.75) is 19.4 Å². The van der Waals surface area contributed by atoms with Crippen LogP contribution < -0.4 is 4.74 Å². The first-order valence-electron chi connectivity index (χ1n) is 7.61. The minimum absolute atomic E-state index is 0.160. The van der Waals surface area contributed by atoms with Crippen molar-refractivity contribution in [1.29, 1.82) is 0 Å². The van der Waals surface area contributed by atoms with Gasteiger partial charge in [0.05, 0.1) is 27.8 Å². The number of amides is 1. The van der Waals surface area contributed by atoms with Gasteiger partial charge in [-0.05, 0) is 50.1 Å². The normalized spacial score (nSPS) is 16.7. The van der Waals surface area contributed by atoms with Gasteiger partial charge in [-0.25, -0.2) is 5.01 Å². The Morgan fingerprint density at radius 3 is 2.48 bits per heavy atom. The van der Waals surface area contributed by atoms with E-state index in [4.69, 9.17) is 4.74 Å². The van der Waals surface area contributed by atoms with Crippen LogP contribution in [0.3, 0.4) is 0 Å². The van der Waals surface area contributed by atoms with E-state index in [1.807, 2.05) is 24.3 Å². The van der Waals surface area contributed by atoms with Gasteiger partial charge in [0.15, 0.2) is 0 Å². The summed E-state index contributed by atoms with van der Waals surface area (Å²) in [5, 5.41) is 16.1. The van der Waals surface area contributed by atoms with Crippen molar-refractivity contribution < 1.29 is 14.6 Å². The van der Waals surface area contributed by atoms with Crippen LogP contribution in [0.5, 0.6) is 11.5 Å². The molecule has 1 atom stereocenters. The number of para-hydroxylation sites is 1. The number of hydrogen-bond donors (Lipinski definition) is 1. The van der Waals surface area contributed by atoms with Crippen molar-refractivity contribution in [3.05, 3.63) is 56.5 Å². The molecule has 3 rings (SSSR count). The molecule has 1 aliphatic heterocycles. The molecule has 0 saturated carbocycles. The zero-order valence-corrected chi connectivity index (χ0v) is 16.8. The number of hydrogen-bond acceptors (Lipinski definition) is 4. The minimum atomic E-state index is -0.326. The number of carbonyl (C=O) groups excluding carboxylic acids is 1. The lowest BCUT2D eigenvalue weighted by Gasteiger charge is -2.21. The van der Waals surface area contributed by atoms with Crippen LogP contribution in [-0.4, -0.2) is 28.8 Å². The van der Waals surface area contributed by atoms with Crippen LogP contribution in [-0.2, 0) is 4.79 Å². The lowest BCUT2D eigenvalue weighted by Crippen LogP contribution is -2.24. The summed E-state index contributed by atoms with van der Waals surface area (Å²) in [5.41, 5.74) is 2.33. The molecule has 0 aliphatic carbocycles. The van der Waals surface area contributed by atoms with E-state index < -0.39 is 0 Å². The summed E-state index contributed by atoms with van der Waals surface area (Å²) in [6.45, 7) is 1.47. The van der Waals surface area contributed by atoms with E-state index in [2.05, 4.69) is 37.0 Å². The highest BCUT2D eigenvalue weighted by Crippen LogP contribution is 2.39. The molecule has 0 fully saturated rings. The number of aromatic hydroxyl groups is 1. The fourth-order valence-electron chi connectivity index (χ4n) is 2.91. The molecule has 130 valence electrons. The molecule has 25 heavy (non-hydrogen) atoms. The van der Waals surface area contributed by atoms with Crippen LogP contribution >= 0.6 is 31.9 Å². The van der Waals surface area contributed by atoms with Gasteiger partial charge in [-0.15, -0.1) is 0 Å². The summed E-state index contributed by atoms with van der Waals surface area (Å²) in [4.78, 5) is 12.1. The second-order valence-electron chi connectivity index (χ2n) is 5.66. The molecule has 1 amide bonds. The summed E-state index contributed by atoms with van der Waals surface area (Å²) < 4.78 is 6.92. The van der Waals surface area contributed by atoms with Gasteiger partial charge in [0, 0.05) is 24.5 Å². The van der Waals surface area contributed by atoms with Crippen LogP contribution in [0.4, 0.5) is 0 Å². The number of rotatable bonds is 3. The molecule has 1 aliphatic rings. The predicted molar refractivity (Wildman–Crippen MR) is 103 cm³/mol. The van der Waals surface area contributed by atoms with Gasteiger partial charge in [-0.3, -0.25) is 4.79 Å². The van der Waals surface area contributed by atoms with Crippen molar-refractivity contribution >= 4 is 43.5 Å². The molecule has 1 N–H and O–H groups in total. The van der Waals surface area contributed by atoms with E-state index >= 15 is 0 Å². The molecule has 0 bridgehead atoms. The number of phenols is 1. The van der Waals surface area contributed by atoms with Crippen LogP contribution in [0.25, 0.3) is 0 Å². The standard InChI is InChI=1S/C18H16Br2N2O3/c1-10(23)22-16(12-5-3-4-6-17(12)24)9-15(21-22)11-7-13(19)18(25-2)14(20)8-11/h3-8,16,24H,9H2,1-2H3. The van der Waals surface area contributed by atoms with Crippen molar-refractivity contribution in [3.63, 3.8) is 0 Å². The fourth-order valence-corrected chi connectivity index (χ4v) is 4.42. The van der Waals surface area contributed by atoms with Gasteiger partial charge < -0.3 is 9.84 Å². The SMILES string of the molecule is COc1c(Br)cc(C2=NN(C(C)=O)C(c3ccccc3O)C2)cc1Br. The smallest absolute Gasteiger partial charge is 0.240 e. The van der Waals surface area contributed by atoms with E-state index in [1.54, 1.807) is 19.2 Å². The number of halogens is 2. The van der Waals surface area contributed by atoms with Crippen molar-refractivity contribution in [1.82, 2.24) is 5.01 Å². The molecular formula is C18H16Br2N2O3. The number of ether oxygens (including phenoxy) is 1. The fraction of sp³-hybridized carbons (Fsp3) is 0.222. The third kappa shape index (κ3) is 3.43. The second-order valence-corrected chi connectivity index (χ2v) is 7.37. The molecule has 7 heteroatoms. The summed E-state index contributed by atoms with van der Waals surface area (Å²) in [5.74, 6) is 0.685. The van der Waals surface area contributed by atoms with Crippen LogP contribution in [0.1, 0.15) is 30.5 Å². The Hall–Kier alpha value is -1.86. The molecular weight excluding hydrogens is 452 g/mol. The van der Waals surface area contributed by atoms with Crippen molar-refractivity contribution in [2.24, 2.45) is 5.10 Å². The third-order valence-electron chi connectivity index (χ3n) is 4.06. The van der Waals surface area contributed by atoms with Gasteiger partial charge in [-0.2, -0.15) is 5.10 Å². The first kappa shape index (κ1) is 17.9.